The molecule has 0 spiro atoms. The second kappa shape index (κ2) is 9.20. The molecule has 1 unspecified atom stereocenters. The van der Waals surface area contributed by atoms with Gasteiger partial charge in [0, 0.05) is 25.2 Å². The van der Waals surface area contributed by atoms with Gasteiger partial charge in [0.25, 0.3) is 0 Å². The molecule has 22 heavy (non-hydrogen) atoms. The summed E-state index contributed by atoms with van der Waals surface area (Å²) in [5, 5.41) is 13.1. The molecule has 1 rings (SSSR count). The minimum Gasteiger partial charge on any atom is -0.389 e. The molecule has 0 saturated heterocycles. The number of rotatable bonds is 10. The summed E-state index contributed by atoms with van der Waals surface area (Å²) in [4.78, 5) is 2.15. The minimum atomic E-state index is -0.595. The van der Waals surface area contributed by atoms with Crippen molar-refractivity contribution < 1.29 is 14.2 Å². The molecule has 0 aliphatic heterocycles. The normalized spacial score (nSPS) is 13.6. The highest BCUT2D eigenvalue weighted by Crippen LogP contribution is 2.14. The summed E-state index contributed by atoms with van der Waals surface area (Å²) in [5.74, 6) is -0.277. The fraction of sp³-hybridized carbons (Fsp3) is 0.647. The molecule has 0 aliphatic rings. The van der Waals surface area contributed by atoms with Gasteiger partial charge in [0.05, 0.1) is 19.3 Å². The smallest absolute Gasteiger partial charge is 0.128 e. The zero-order valence-electron chi connectivity index (χ0n) is 14.1. The fourth-order valence-electron chi connectivity index (χ4n) is 2.47. The van der Waals surface area contributed by atoms with Gasteiger partial charge in [-0.15, -0.1) is 0 Å². The Kier molecular flexibility index (Phi) is 7.96. The number of nitrogens with one attached hydrogen (secondary N) is 1. The van der Waals surface area contributed by atoms with Gasteiger partial charge in [0.1, 0.15) is 5.82 Å². The summed E-state index contributed by atoms with van der Waals surface area (Å²) in [6.07, 6.45) is -0.595. The number of aliphatic hydroxyl groups excluding tert-OH is 1. The molecule has 0 radical (unpaired) electrons. The maximum atomic E-state index is 13.4. The number of hydrogen-bond acceptors (Lipinski definition) is 4. The average molecular weight is 312 g/mol. The van der Waals surface area contributed by atoms with Crippen molar-refractivity contribution in [2.75, 3.05) is 40.3 Å². The zero-order valence-corrected chi connectivity index (χ0v) is 14.1. The number of halogens is 1. The van der Waals surface area contributed by atoms with E-state index in [1.807, 2.05) is 14.1 Å². The molecule has 0 bridgehead atoms. The summed E-state index contributed by atoms with van der Waals surface area (Å²) in [6, 6.07) is 6.51. The first kappa shape index (κ1) is 19.0. The van der Waals surface area contributed by atoms with E-state index in [1.54, 1.807) is 18.2 Å². The van der Waals surface area contributed by atoms with Gasteiger partial charge in [0.15, 0.2) is 0 Å². The van der Waals surface area contributed by atoms with Crippen LogP contribution in [0, 0.1) is 11.2 Å². The second-order valence-electron chi connectivity index (χ2n) is 6.79. The van der Waals surface area contributed by atoms with Crippen LogP contribution in [0.3, 0.4) is 0 Å². The van der Waals surface area contributed by atoms with Crippen LogP contribution in [0.1, 0.15) is 19.4 Å². The van der Waals surface area contributed by atoms with Gasteiger partial charge in [0.2, 0.25) is 0 Å². The van der Waals surface area contributed by atoms with Crippen molar-refractivity contribution in [3.8, 4) is 0 Å². The van der Waals surface area contributed by atoms with Crippen molar-refractivity contribution in [1.82, 2.24) is 10.2 Å². The summed E-state index contributed by atoms with van der Waals surface area (Å²) in [5.41, 5.74) is 0.645. The first-order valence-electron chi connectivity index (χ1n) is 7.65. The van der Waals surface area contributed by atoms with Crippen LogP contribution in [0.5, 0.6) is 0 Å². The van der Waals surface area contributed by atoms with E-state index in [0.717, 1.165) is 13.1 Å². The Bertz CT molecular complexity index is 438. The van der Waals surface area contributed by atoms with E-state index in [4.69, 9.17) is 4.74 Å². The molecule has 1 aromatic rings. The Morgan fingerprint density at radius 2 is 2.00 bits per heavy atom. The van der Waals surface area contributed by atoms with E-state index in [0.29, 0.717) is 12.1 Å². The molecule has 126 valence electrons. The number of aliphatic hydroxyl groups is 1. The molecule has 1 atom stereocenters. The van der Waals surface area contributed by atoms with E-state index in [1.165, 1.54) is 6.07 Å². The van der Waals surface area contributed by atoms with Gasteiger partial charge in [-0.25, -0.2) is 4.39 Å². The van der Waals surface area contributed by atoms with Crippen LogP contribution >= 0.6 is 0 Å². The zero-order chi connectivity index (χ0) is 16.6. The first-order valence-corrected chi connectivity index (χ1v) is 7.65. The van der Waals surface area contributed by atoms with Crippen molar-refractivity contribution >= 4 is 0 Å². The lowest BCUT2D eigenvalue weighted by molar-refractivity contribution is 0.0266. The summed E-state index contributed by atoms with van der Waals surface area (Å²) in [7, 11) is 4.10. The fourth-order valence-corrected chi connectivity index (χ4v) is 2.47. The van der Waals surface area contributed by atoms with E-state index < -0.39 is 6.10 Å². The molecule has 0 aliphatic carbocycles. The monoisotopic (exact) mass is 312 g/mol. The summed E-state index contributed by atoms with van der Waals surface area (Å²) in [6.45, 7) is 6.98. The molecule has 2 N–H and O–H groups in total. The summed E-state index contributed by atoms with van der Waals surface area (Å²) < 4.78 is 18.8. The number of nitrogens with zero attached hydrogens (tertiary/aromatic N) is 1. The number of benzene rings is 1. The topological polar surface area (TPSA) is 44.7 Å². The molecule has 0 heterocycles. The number of hydrogen-bond donors (Lipinski definition) is 2. The first-order chi connectivity index (χ1) is 10.3. The van der Waals surface area contributed by atoms with Gasteiger partial charge in [-0.2, -0.15) is 0 Å². The van der Waals surface area contributed by atoms with Crippen molar-refractivity contribution in [1.29, 1.82) is 0 Å². The number of ether oxygens (including phenoxy) is 1. The van der Waals surface area contributed by atoms with Crippen molar-refractivity contribution in [3.63, 3.8) is 0 Å². The average Bonchev–Trinajstić information content (AvgIpc) is 2.39. The third kappa shape index (κ3) is 7.84. The van der Waals surface area contributed by atoms with Crippen molar-refractivity contribution in [2.24, 2.45) is 5.41 Å². The van der Waals surface area contributed by atoms with Gasteiger partial charge >= 0.3 is 0 Å². The van der Waals surface area contributed by atoms with Crippen LogP contribution in [0.15, 0.2) is 24.3 Å². The predicted octanol–water partition coefficient (Wildman–Crippen LogP) is 1.88. The van der Waals surface area contributed by atoms with Gasteiger partial charge in [-0.1, -0.05) is 32.0 Å². The lowest BCUT2D eigenvalue weighted by Gasteiger charge is -2.29. The van der Waals surface area contributed by atoms with Crippen molar-refractivity contribution in [2.45, 2.75) is 26.6 Å². The Labute approximate surface area is 133 Å². The SMILES string of the molecule is CN(C)CC(C)(C)CNCC(O)COCc1ccccc1F. The Morgan fingerprint density at radius 3 is 2.64 bits per heavy atom. The Morgan fingerprint density at radius 1 is 1.32 bits per heavy atom. The lowest BCUT2D eigenvalue weighted by atomic mass is 9.93. The third-order valence-corrected chi connectivity index (χ3v) is 3.25. The molecule has 0 amide bonds. The quantitative estimate of drug-likeness (QED) is 0.692. The largest absolute Gasteiger partial charge is 0.389 e. The molecular weight excluding hydrogens is 283 g/mol. The molecule has 0 saturated carbocycles. The molecular formula is C17H29FN2O2. The van der Waals surface area contributed by atoms with E-state index >= 15 is 0 Å². The molecule has 4 nitrogen and oxygen atoms in total. The van der Waals surface area contributed by atoms with E-state index in [2.05, 4.69) is 24.1 Å². The second-order valence-corrected chi connectivity index (χ2v) is 6.79. The highest BCUT2D eigenvalue weighted by atomic mass is 19.1. The summed E-state index contributed by atoms with van der Waals surface area (Å²) >= 11 is 0. The Balaban J connectivity index is 2.19. The van der Waals surface area contributed by atoms with Crippen molar-refractivity contribution in [3.05, 3.63) is 35.6 Å². The van der Waals surface area contributed by atoms with Crippen LogP contribution in [0.4, 0.5) is 4.39 Å². The molecule has 0 fully saturated rings. The molecule has 5 heteroatoms. The van der Waals surface area contributed by atoms with Gasteiger partial charge in [-0.3, -0.25) is 0 Å². The Hall–Kier alpha value is -1.01. The van der Waals surface area contributed by atoms with Crippen LogP contribution in [-0.2, 0) is 11.3 Å². The van der Waals surface area contributed by atoms with Crippen LogP contribution in [0.25, 0.3) is 0 Å². The highest BCUT2D eigenvalue weighted by Gasteiger charge is 2.18. The third-order valence-electron chi connectivity index (χ3n) is 3.25. The maximum absolute atomic E-state index is 13.4. The minimum absolute atomic E-state index is 0.136. The van der Waals surface area contributed by atoms with E-state index in [-0.39, 0.29) is 24.4 Å². The van der Waals surface area contributed by atoms with Gasteiger partial charge in [-0.05, 0) is 25.6 Å². The standard InChI is InChI=1S/C17H29FN2O2/c1-17(2,13-20(3)4)12-19-9-15(21)11-22-10-14-7-5-6-8-16(14)18/h5-8,15,19,21H,9-13H2,1-4H3. The van der Waals surface area contributed by atoms with Crippen LogP contribution in [0.2, 0.25) is 0 Å². The lowest BCUT2D eigenvalue weighted by Crippen LogP contribution is -2.40. The van der Waals surface area contributed by atoms with Gasteiger partial charge < -0.3 is 20.1 Å². The molecule has 1 aromatic carbocycles. The maximum Gasteiger partial charge on any atom is 0.128 e. The highest BCUT2D eigenvalue weighted by molar-refractivity contribution is 5.16. The van der Waals surface area contributed by atoms with E-state index in [9.17, 15) is 9.50 Å². The molecule has 0 aromatic heterocycles. The predicted molar refractivity (Wildman–Crippen MR) is 87.3 cm³/mol. The van der Waals surface area contributed by atoms with Crippen LogP contribution < -0.4 is 5.32 Å². The van der Waals surface area contributed by atoms with Crippen LogP contribution in [-0.4, -0.2) is 56.4 Å².